The van der Waals surface area contributed by atoms with E-state index in [0.29, 0.717) is 22.2 Å². The largest absolute Gasteiger partial charge is 0.481 e. The van der Waals surface area contributed by atoms with E-state index < -0.39 is 5.97 Å². The number of fused-ring (bicyclic) bond motifs is 1. The number of para-hydroxylation sites is 1. The van der Waals surface area contributed by atoms with Gasteiger partial charge in [-0.15, -0.1) is 0 Å². The lowest BCUT2D eigenvalue weighted by Gasteiger charge is -2.13. The number of rotatable bonds is 8. The zero-order chi connectivity index (χ0) is 23.5. The van der Waals surface area contributed by atoms with Crippen LogP contribution in [0, 0.1) is 0 Å². The number of aryl methyl sites for hydroxylation is 2. The van der Waals surface area contributed by atoms with Crippen LogP contribution in [0.25, 0.3) is 17.0 Å². The van der Waals surface area contributed by atoms with Gasteiger partial charge >= 0.3 is 5.97 Å². The van der Waals surface area contributed by atoms with Crippen molar-refractivity contribution in [3.63, 3.8) is 0 Å². The lowest BCUT2D eigenvalue weighted by molar-refractivity contribution is -0.137. The fourth-order valence-electron chi connectivity index (χ4n) is 3.78. The first kappa shape index (κ1) is 23.6. The van der Waals surface area contributed by atoms with Gasteiger partial charge in [0.1, 0.15) is 4.32 Å². The number of carbonyl (C=O) groups excluding carboxylic acids is 1. The smallest absolute Gasteiger partial charge is 0.303 e. The molecule has 1 saturated heterocycles. The van der Waals surface area contributed by atoms with Crippen molar-refractivity contribution in [2.45, 2.75) is 36.1 Å². The molecule has 0 spiro atoms. The zero-order valence-electron chi connectivity index (χ0n) is 18.4. The molecule has 0 bridgehead atoms. The number of hydrogen-bond acceptors (Lipinski definition) is 5. The third-order valence-electron chi connectivity index (χ3n) is 5.56. The number of carbonyl (C=O) groups is 2. The Hall–Kier alpha value is -2.55. The van der Waals surface area contributed by atoms with Crippen molar-refractivity contribution < 1.29 is 14.7 Å². The first-order chi connectivity index (χ1) is 15.9. The number of aliphatic carboxylic acids is 1. The van der Waals surface area contributed by atoms with Crippen molar-refractivity contribution in [3.8, 4) is 0 Å². The number of aromatic nitrogens is 1. The van der Waals surface area contributed by atoms with Gasteiger partial charge in [-0.25, -0.2) is 0 Å². The summed E-state index contributed by atoms with van der Waals surface area (Å²) in [7, 11) is 2.04. The molecule has 2 aromatic carbocycles. The fourth-order valence-corrected chi connectivity index (χ4v) is 6.08. The Labute approximate surface area is 206 Å². The van der Waals surface area contributed by atoms with Gasteiger partial charge in [-0.2, -0.15) is 0 Å². The van der Waals surface area contributed by atoms with Crippen LogP contribution in [0.4, 0.5) is 0 Å². The van der Waals surface area contributed by atoms with Crippen LogP contribution in [0.5, 0.6) is 0 Å². The summed E-state index contributed by atoms with van der Waals surface area (Å²) >= 11 is 8.37. The molecular formula is C25H24N2O3S3. The number of carboxylic acid groups (broad SMARTS) is 1. The number of nitrogens with zero attached hydrogens (tertiary/aromatic N) is 2. The van der Waals surface area contributed by atoms with Crippen molar-refractivity contribution >= 4 is 68.9 Å². The Morgan fingerprint density at radius 3 is 2.61 bits per heavy atom. The number of benzene rings is 2. The highest BCUT2D eigenvalue weighted by Crippen LogP contribution is 2.40. The normalized spacial score (nSPS) is 15.2. The molecular weight excluding hydrogens is 472 g/mol. The molecule has 0 atom stereocenters. The summed E-state index contributed by atoms with van der Waals surface area (Å²) in [6.07, 6.45) is 3.31. The van der Waals surface area contributed by atoms with Gasteiger partial charge in [-0.3, -0.25) is 14.5 Å². The van der Waals surface area contributed by atoms with Crippen molar-refractivity contribution in [2.75, 3.05) is 6.54 Å². The average Bonchev–Trinajstić information content (AvgIpc) is 3.22. The second kappa shape index (κ2) is 10.2. The third kappa shape index (κ3) is 5.03. The van der Waals surface area contributed by atoms with Gasteiger partial charge in [0, 0.05) is 41.4 Å². The molecule has 0 unspecified atom stereocenters. The summed E-state index contributed by atoms with van der Waals surface area (Å²) < 4.78 is 2.63. The molecule has 33 heavy (non-hydrogen) atoms. The van der Waals surface area contributed by atoms with E-state index >= 15 is 0 Å². The first-order valence-corrected chi connectivity index (χ1v) is 12.7. The van der Waals surface area contributed by atoms with Crippen LogP contribution >= 0.6 is 35.7 Å². The van der Waals surface area contributed by atoms with Crippen LogP contribution < -0.4 is 0 Å². The summed E-state index contributed by atoms with van der Waals surface area (Å²) in [5.74, 6) is -1.04. The molecule has 170 valence electrons. The summed E-state index contributed by atoms with van der Waals surface area (Å²) in [5.41, 5.74) is 3.38. The number of hydrogen-bond donors (Lipinski definition) is 1. The van der Waals surface area contributed by atoms with Gasteiger partial charge < -0.3 is 9.67 Å². The highest BCUT2D eigenvalue weighted by atomic mass is 32.2. The molecule has 2 heterocycles. The summed E-state index contributed by atoms with van der Waals surface area (Å²) in [4.78, 5) is 27.1. The monoisotopic (exact) mass is 496 g/mol. The molecule has 1 N–H and O–H groups in total. The average molecular weight is 497 g/mol. The minimum absolute atomic E-state index is 0.0110. The van der Waals surface area contributed by atoms with E-state index in [1.165, 1.54) is 22.2 Å². The highest BCUT2D eigenvalue weighted by Gasteiger charge is 2.32. The maximum absolute atomic E-state index is 13.1. The molecule has 1 aliphatic heterocycles. The Morgan fingerprint density at radius 2 is 1.91 bits per heavy atom. The fraction of sp³-hybridized carbons (Fsp3) is 0.240. The van der Waals surface area contributed by atoms with Crippen molar-refractivity contribution in [1.29, 1.82) is 0 Å². The minimum atomic E-state index is -0.875. The Bertz CT molecular complexity index is 1260. The second-order valence-corrected chi connectivity index (χ2v) is 10.5. The number of carboxylic acids is 1. The quantitative estimate of drug-likeness (QED) is 0.307. The van der Waals surface area contributed by atoms with Crippen LogP contribution in [0.2, 0.25) is 0 Å². The molecule has 0 radical (unpaired) electrons. The number of thiocarbonyl (C=S) groups is 1. The van der Waals surface area contributed by atoms with Crippen LogP contribution in [0.15, 0.2) is 63.4 Å². The van der Waals surface area contributed by atoms with Gasteiger partial charge in [0.25, 0.3) is 5.91 Å². The van der Waals surface area contributed by atoms with Crippen molar-refractivity contribution in [3.05, 3.63) is 64.6 Å². The first-order valence-electron chi connectivity index (χ1n) is 10.7. The third-order valence-corrected chi connectivity index (χ3v) is 8.13. The van der Waals surface area contributed by atoms with Gasteiger partial charge in [0.05, 0.1) is 9.93 Å². The lowest BCUT2D eigenvalue weighted by Crippen LogP contribution is -2.29. The Balaban J connectivity index is 1.70. The zero-order valence-corrected chi connectivity index (χ0v) is 20.9. The Kier molecular flexibility index (Phi) is 7.26. The minimum Gasteiger partial charge on any atom is -0.481 e. The van der Waals surface area contributed by atoms with Gasteiger partial charge in [-0.05, 0) is 42.7 Å². The Morgan fingerprint density at radius 1 is 1.18 bits per heavy atom. The SMILES string of the molecule is CCc1ccc(Sc2c(/C=C3\SC(=S)N(CCCC(=O)O)C3=O)c3ccccc3n2C)cc1. The van der Waals surface area contributed by atoms with E-state index in [9.17, 15) is 9.59 Å². The molecule has 8 heteroatoms. The van der Waals surface area contributed by atoms with E-state index in [-0.39, 0.29) is 12.3 Å². The standard InChI is InChI=1S/C25H24N2O3S3/c1-3-16-10-12-17(13-11-16)32-24-19(18-7-4-5-8-20(18)26(24)2)15-21-23(30)27(25(31)33-21)14-6-9-22(28)29/h4-5,7-8,10-13,15H,3,6,9,14H2,1-2H3,(H,28,29)/b21-15-. The lowest BCUT2D eigenvalue weighted by atomic mass is 10.1. The van der Waals surface area contributed by atoms with E-state index in [4.69, 9.17) is 17.3 Å². The van der Waals surface area contributed by atoms with Gasteiger partial charge in [0.15, 0.2) is 0 Å². The molecule has 4 rings (SSSR count). The number of amides is 1. The summed E-state index contributed by atoms with van der Waals surface area (Å²) in [6, 6.07) is 16.7. The van der Waals surface area contributed by atoms with E-state index in [1.807, 2.05) is 25.3 Å². The van der Waals surface area contributed by atoms with Crippen LogP contribution in [-0.4, -0.2) is 37.3 Å². The van der Waals surface area contributed by atoms with Crippen LogP contribution in [0.3, 0.4) is 0 Å². The maximum Gasteiger partial charge on any atom is 0.303 e. The van der Waals surface area contributed by atoms with Gasteiger partial charge in [0.2, 0.25) is 0 Å². The molecule has 1 aromatic heterocycles. The topological polar surface area (TPSA) is 62.5 Å². The van der Waals surface area contributed by atoms with Gasteiger partial charge in [-0.1, -0.05) is 73.0 Å². The van der Waals surface area contributed by atoms with E-state index in [1.54, 1.807) is 11.8 Å². The van der Waals surface area contributed by atoms with E-state index in [0.717, 1.165) is 32.8 Å². The predicted molar refractivity (Wildman–Crippen MR) is 140 cm³/mol. The van der Waals surface area contributed by atoms with E-state index in [2.05, 4.69) is 47.9 Å². The molecule has 3 aromatic rings. The molecule has 1 aliphatic rings. The maximum atomic E-state index is 13.1. The summed E-state index contributed by atoms with van der Waals surface area (Å²) in [5, 5.41) is 11.0. The highest BCUT2D eigenvalue weighted by molar-refractivity contribution is 8.26. The second-order valence-electron chi connectivity index (χ2n) is 7.73. The molecule has 5 nitrogen and oxygen atoms in total. The molecule has 0 aliphatic carbocycles. The summed E-state index contributed by atoms with van der Waals surface area (Å²) in [6.45, 7) is 2.46. The molecule has 0 saturated carbocycles. The van der Waals surface area contributed by atoms with Crippen molar-refractivity contribution in [1.82, 2.24) is 9.47 Å². The molecule has 1 fully saturated rings. The van der Waals surface area contributed by atoms with Crippen LogP contribution in [-0.2, 0) is 23.1 Å². The van der Waals surface area contributed by atoms with Crippen molar-refractivity contribution in [2.24, 2.45) is 7.05 Å². The van der Waals surface area contributed by atoms with Crippen LogP contribution in [0.1, 0.15) is 30.9 Å². The molecule has 1 amide bonds. The predicted octanol–water partition coefficient (Wildman–Crippen LogP) is 5.96. The number of thioether (sulfide) groups is 1.